The molecule has 1 aromatic rings. The molecule has 1 aromatic heterocycles. The smallest absolute Gasteiger partial charge is 0.0947 e. The van der Waals surface area contributed by atoms with E-state index in [9.17, 15) is 0 Å². The van der Waals surface area contributed by atoms with Crippen LogP contribution in [-0.4, -0.2) is 18.3 Å². The van der Waals surface area contributed by atoms with E-state index in [0.717, 1.165) is 18.7 Å². The van der Waals surface area contributed by atoms with Crippen molar-refractivity contribution in [2.45, 2.75) is 13.5 Å². The van der Waals surface area contributed by atoms with Crippen molar-refractivity contribution >= 4 is 0 Å². The van der Waals surface area contributed by atoms with Gasteiger partial charge in [-0.15, -0.1) is 0 Å². The zero-order valence-corrected chi connectivity index (χ0v) is 7.29. The van der Waals surface area contributed by atoms with E-state index in [1.54, 1.807) is 12.5 Å². The van der Waals surface area contributed by atoms with E-state index < -0.39 is 0 Å². The highest BCUT2D eigenvalue weighted by Crippen LogP contribution is 1.99. The summed E-state index contributed by atoms with van der Waals surface area (Å²) in [6.45, 7) is 3.88. The molecule has 0 aliphatic carbocycles. The van der Waals surface area contributed by atoms with E-state index >= 15 is 0 Å². The first-order valence-electron chi connectivity index (χ1n) is 4.15. The van der Waals surface area contributed by atoms with Crippen molar-refractivity contribution in [1.82, 2.24) is 5.32 Å². The van der Waals surface area contributed by atoms with Crippen LogP contribution >= 0.6 is 0 Å². The van der Waals surface area contributed by atoms with Crippen LogP contribution in [0.4, 0.5) is 0 Å². The lowest BCUT2D eigenvalue weighted by Gasteiger charge is -2.07. The van der Waals surface area contributed by atoms with Gasteiger partial charge in [-0.05, 0) is 12.0 Å². The van der Waals surface area contributed by atoms with Gasteiger partial charge in [0.1, 0.15) is 0 Å². The Balaban J connectivity index is 2.11. The molecule has 1 rings (SSSR count). The second kappa shape index (κ2) is 4.95. The maximum Gasteiger partial charge on any atom is 0.0947 e. The molecule has 0 aliphatic heterocycles. The minimum absolute atomic E-state index is 0.235. The summed E-state index contributed by atoms with van der Waals surface area (Å²) in [5, 5.41) is 12.0. The predicted molar refractivity (Wildman–Crippen MR) is 46.7 cm³/mol. The number of rotatable bonds is 5. The van der Waals surface area contributed by atoms with Crippen molar-refractivity contribution in [2.24, 2.45) is 5.92 Å². The molecule has 0 saturated heterocycles. The first-order chi connectivity index (χ1) is 5.83. The molecule has 0 fully saturated rings. The summed E-state index contributed by atoms with van der Waals surface area (Å²) in [6.07, 6.45) is 3.38. The van der Waals surface area contributed by atoms with Crippen LogP contribution in [0.3, 0.4) is 0 Å². The Labute approximate surface area is 72.4 Å². The van der Waals surface area contributed by atoms with Gasteiger partial charge in [-0.25, -0.2) is 0 Å². The van der Waals surface area contributed by atoms with Gasteiger partial charge in [-0.3, -0.25) is 0 Å². The lowest BCUT2D eigenvalue weighted by atomic mass is 10.2. The molecule has 1 atom stereocenters. The standard InChI is InChI=1S/C9H15NO2/c1-8(6-11)4-10-5-9-2-3-12-7-9/h2-3,7-8,10-11H,4-6H2,1H3. The Kier molecular flexibility index (Phi) is 3.84. The summed E-state index contributed by atoms with van der Waals surface area (Å²) in [4.78, 5) is 0. The van der Waals surface area contributed by atoms with Crippen LogP contribution < -0.4 is 5.32 Å². The molecular weight excluding hydrogens is 154 g/mol. The first-order valence-corrected chi connectivity index (χ1v) is 4.15. The number of aliphatic hydroxyl groups excluding tert-OH is 1. The maximum absolute atomic E-state index is 8.73. The van der Waals surface area contributed by atoms with Crippen molar-refractivity contribution < 1.29 is 9.52 Å². The molecule has 1 unspecified atom stereocenters. The fourth-order valence-corrected chi connectivity index (χ4v) is 0.921. The van der Waals surface area contributed by atoms with Crippen LogP contribution in [-0.2, 0) is 6.54 Å². The van der Waals surface area contributed by atoms with E-state index in [4.69, 9.17) is 9.52 Å². The summed E-state index contributed by atoms with van der Waals surface area (Å²) in [5.41, 5.74) is 1.14. The average molecular weight is 169 g/mol. The molecule has 0 bridgehead atoms. The fraction of sp³-hybridized carbons (Fsp3) is 0.556. The van der Waals surface area contributed by atoms with Crippen molar-refractivity contribution in [1.29, 1.82) is 0 Å². The second-order valence-corrected chi connectivity index (χ2v) is 3.05. The Bertz CT molecular complexity index is 196. The number of nitrogens with one attached hydrogen (secondary N) is 1. The monoisotopic (exact) mass is 169 g/mol. The molecule has 12 heavy (non-hydrogen) atoms. The lowest BCUT2D eigenvalue weighted by molar-refractivity contribution is 0.233. The quantitative estimate of drug-likeness (QED) is 0.691. The lowest BCUT2D eigenvalue weighted by Crippen LogP contribution is -2.22. The topological polar surface area (TPSA) is 45.4 Å². The molecule has 3 heteroatoms. The first kappa shape index (κ1) is 9.29. The highest BCUT2D eigenvalue weighted by Gasteiger charge is 1.98. The molecule has 0 radical (unpaired) electrons. The van der Waals surface area contributed by atoms with Gasteiger partial charge in [0.05, 0.1) is 12.5 Å². The van der Waals surface area contributed by atoms with Gasteiger partial charge in [-0.2, -0.15) is 0 Å². The summed E-state index contributed by atoms with van der Waals surface area (Å²) >= 11 is 0. The summed E-state index contributed by atoms with van der Waals surface area (Å²) in [7, 11) is 0. The minimum atomic E-state index is 0.235. The number of hydrogen-bond donors (Lipinski definition) is 2. The second-order valence-electron chi connectivity index (χ2n) is 3.05. The zero-order chi connectivity index (χ0) is 8.81. The highest BCUT2D eigenvalue weighted by molar-refractivity contribution is 5.04. The van der Waals surface area contributed by atoms with E-state index in [0.29, 0.717) is 5.92 Å². The molecule has 3 nitrogen and oxygen atoms in total. The van der Waals surface area contributed by atoms with Gasteiger partial charge in [0.25, 0.3) is 0 Å². The number of aliphatic hydroxyl groups is 1. The largest absolute Gasteiger partial charge is 0.472 e. The van der Waals surface area contributed by atoms with E-state index in [-0.39, 0.29) is 6.61 Å². The van der Waals surface area contributed by atoms with E-state index in [2.05, 4.69) is 5.32 Å². The SMILES string of the molecule is CC(CO)CNCc1ccoc1. The molecule has 0 aliphatic rings. The maximum atomic E-state index is 8.73. The van der Waals surface area contributed by atoms with Crippen LogP contribution in [0.15, 0.2) is 23.0 Å². The van der Waals surface area contributed by atoms with Crippen molar-refractivity contribution in [3.05, 3.63) is 24.2 Å². The minimum Gasteiger partial charge on any atom is -0.472 e. The Morgan fingerprint density at radius 1 is 1.67 bits per heavy atom. The third-order valence-electron chi connectivity index (χ3n) is 1.71. The van der Waals surface area contributed by atoms with Crippen LogP contribution in [0.2, 0.25) is 0 Å². The van der Waals surface area contributed by atoms with Gasteiger partial charge in [0, 0.05) is 25.3 Å². The van der Waals surface area contributed by atoms with Crippen LogP contribution in [0.5, 0.6) is 0 Å². The molecule has 0 amide bonds. The van der Waals surface area contributed by atoms with Crippen molar-refractivity contribution in [3.8, 4) is 0 Å². The average Bonchev–Trinajstić information content (AvgIpc) is 2.57. The van der Waals surface area contributed by atoms with Gasteiger partial charge in [0.15, 0.2) is 0 Å². The third kappa shape index (κ3) is 3.07. The van der Waals surface area contributed by atoms with Crippen molar-refractivity contribution in [2.75, 3.05) is 13.2 Å². The Hall–Kier alpha value is -0.800. The third-order valence-corrected chi connectivity index (χ3v) is 1.71. The number of furan rings is 1. The summed E-state index contributed by atoms with van der Waals surface area (Å²) < 4.78 is 4.91. The number of hydrogen-bond acceptors (Lipinski definition) is 3. The van der Waals surface area contributed by atoms with E-state index in [1.807, 2.05) is 13.0 Å². The van der Waals surface area contributed by atoms with Crippen LogP contribution in [0, 0.1) is 5.92 Å². The van der Waals surface area contributed by atoms with E-state index in [1.165, 1.54) is 0 Å². The van der Waals surface area contributed by atoms with Gasteiger partial charge in [-0.1, -0.05) is 6.92 Å². The molecule has 1 heterocycles. The van der Waals surface area contributed by atoms with Crippen LogP contribution in [0.25, 0.3) is 0 Å². The fourth-order valence-electron chi connectivity index (χ4n) is 0.921. The van der Waals surface area contributed by atoms with Gasteiger partial charge < -0.3 is 14.8 Å². The Morgan fingerprint density at radius 3 is 3.08 bits per heavy atom. The summed E-state index contributed by atoms with van der Waals surface area (Å²) in [5.74, 6) is 0.317. The zero-order valence-electron chi connectivity index (χ0n) is 7.29. The molecule has 0 spiro atoms. The molecular formula is C9H15NO2. The molecule has 2 N–H and O–H groups in total. The predicted octanol–water partition coefficient (Wildman–Crippen LogP) is 0.998. The summed E-state index contributed by atoms with van der Waals surface area (Å²) in [6, 6.07) is 1.93. The van der Waals surface area contributed by atoms with Gasteiger partial charge >= 0.3 is 0 Å². The normalized spacial score (nSPS) is 13.2. The van der Waals surface area contributed by atoms with Crippen molar-refractivity contribution in [3.63, 3.8) is 0 Å². The highest BCUT2D eigenvalue weighted by atomic mass is 16.3. The molecule has 0 aromatic carbocycles. The molecule has 68 valence electrons. The molecule has 0 saturated carbocycles. The Morgan fingerprint density at radius 2 is 2.50 bits per heavy atom. The van der Waals surface area contributed by atoms with Gasteiger partial charge in [0.2, 0.25) is 0 Å². The van der Waals surface area contributed by atoms with Crippen LogP contribution in [0.1, 0.15) is 12.5 Å².